The Kier molecular flexibility index (Phi) is 1.92. The van der Waals surface area contributed by atoms with Crippen LogP contribution >= 0.6 is 0 Å². The van der Waals surface area contributed by atoms with Crippen molar-refractivity contribution >= 4 is 14.6 Å². The minimum atomic E-state index is 0.0741. The summed E-state index contributed by atoms with van der Waals surface area (Å²) in [5.74, 6) is 0.0741. The van der Waals surface area contributed by atoms with Crippen molar-refractivity contribution in [3.8, 4) is 0 Å². The fraction of sp³-hybridized carbons (Fsp3) is 0.750. The Labute approximate surface area is 40.1 Å². The summed E-state index contributed by atoms with van der Waals surface area (Å²) < 4.78 is 1.69. The lowest BCUT2D eigenvalue weighted by Gasteiger charge is -1.94. The van der Waals surface area contributed by atoms with E-state index >= 15 is 0 Å². The van der Waals surface area contributed by atoms with E-state index in [1.54, 1.807) is 4.58 Å². The maximum absolute atomic E-state index is 5.30. The van der Waals surface area contributed by atoms with Crippen LogP contribution in [0, 0.1) is 0 Å². The Balaban J connectivity index is 3.26. The van der Waals surface area contributed by atoms with Gasteiger partial charge in [0.2, 0.25) is 0 Å². The van der Waals surface area contributed by atoms with Crippen molar-refractivity contribution in [2.45, 2.75) is 12.9 Å². The molecule has 0 amide bonds. The Bertz CT molecular complexity index is 58.6. The maximum Gasteiger partial charge on any atom is 0.168 e. The third-order valence-corrected chi connectivity index (χ3v) is 0.695. The van der Waals surface area contributed by atoms with Gasteiger partial charge in [-0.3, -0.25) is 4.58 Å². The van der Waals surface area contributed by atoms with Crippen molar-refractivity contribution < 1.29 is 4.58 Å². The molecule has 0 saturated heterocycles. The van der Waals surface area contributed by atoms with Crippen molar-refractivity contribution in [3.05, 3.63) is 0 Å². The Morgan fingerprint density at radius 3 is 2.00 bits per heavy atom. The number of rotatable bonds is 1. The molecular weight excluding hydrogens is 72.9 g/mol. The normalized spacial score (nSPS) is 13.7. The molecule has 32 valence electrons. The van der Waals surface area contributed by atoms with Crippen molar-refractivity contribution in [3.63, 3.8) is 0 Å². The summed E-state index contributed by atoms with van der Waals surface area (Å²) >= 11 is 0. The smallest absolute Gasteiger partial charge is 0.168 e. The van der Waals surface area contributed by atoms with Gasteiger partial charge >= 0.3 is 0 Å². The van der Waals surface area contributed by atoms with E-state index in [1.165, 1.54) is 0 Å². The molecule has 0 saturated carbocycles. The van der Waals surface area contributed by atoms with Crippen LogP contribution in [-0.2, 0) is 0 Å². The largest absolute Gasteiger partial charge is 0.252 e. The minimum Gasteiger partial charge on any atom is -0.252 e. The van der Waals surface area contributed by atoms with Gasteiger partial charge in [-0.1, -0.05) is 0 Å². The summed E-state index contributed by atoms with van der Waals surface area (Å²) in [7, 11) is 7.14. The van der Waals surface area contributed by atoms with Crippen LogP contribution < -0.4 is 0 Å². The SMILES string of the molecule is [B]C(C)[N+](=C)C. The first-order valence-electron chi connectivity index (χ1n) is 1.93. The van der Waals surface area contributed by atoms with Crippen LogP contribution in [0.4, 0.5) is 0 Å². The van der Waals surface area contributed by atoms with Crippen LogP contribution in [0.2, 0.25) is 0 Å². The standard InChI is InChI=1S/C4H9BN/c1-4(5)6(2)3/h4H,2H2,1,3H3/q+1. The molecule has 2 heteroatoms. The van der Waals surface area contributed by atoms with E-state index in [2.05, 4.69) is 6.72 Å². The maximum atomic E-state index is 5.30. The number of nitrogens with zero attached hydrogens (tertiary/aromatic N) is 1. The van der Waals surface area contributed by atoms with E-state index < -0.39 is 0 Å². The van der Waals surface area contributed by atoms with Gasteiger partial charge in [-0.25, -0.2) is 0 Å². The van der Waals surface area contributed by atoms with Gasteiger partial charge in [-0.2, -0.15) is 0 Å². The topological polar surface area (TPSA) is 3.01 Å². The molecule has 0 N–H and O–H groups in total. The first-order valence-corrected chi connectivity index (χ1v) is 1.93. The average Bonchev–Trinajstić information content (AvgIpc) is 1.36. The monoisotopic (exact) mass is 82.1 g/mol. The molecule has 1 unspecified atom stereocenters. The lowest BCUT2D eigenvalue weighted by Crippen LogP contribution is -2.16. The highest BCUT2D eigenvalue weighted by Gasteiger charge is 1.93. The first kappa shape index (κ1) is 5.73. The fourth-order valence-electron chi connectivity index (χ4n) is 0. The zero-order valence-corrected chi connectivity index (χ0v) is 4.31. The lowest BCUT2D eigenvalue weighted by atomic mass is 9.99. The summed E-state index contributed by atoms with van der Waals surface area (Å²) in [6.45, 7) is 5.43. The highest BCUT2D eigenvalue weighted by atomic mass is 14.9. The zero-order chi connectivity index (χ0) is 5.15. The molecule has 0 rings (SSSR count). The molecule has 6 heavy (non-hydrogen) atoms. The summed E-state index contributed by atoms with van der Waals surface area (Å²) in [4.78, 5) is 0. The Hall–Kier alpha value is -0.265. The van der Waals surface area contributed by atoms with Crippen molar-refractivity contribution in [1.82, 2.24) is 0 Å². The van der Waals surface area contributed by atoms with Crippen LogP contribution in [0.25, 0.3) is 0 Å². The molecule has 1 nitrogen and oxygen atoms in total. The Morgan fingerprint density at radius 2 is 2.00 bits per heavy atom. The quantitative estimate of drug-likeness (QED) is 0.235. The summed E-state index contributed by atoms with van der Waals surface area (Å²) in [6, 6.07) is 0. The number of hydrogen-bond donors (Lipinski definition) is 0. The molecule has 1 atom stereocenters. The van der Waals surface area contributed by atoms with Crippen molar-refractivity contribution in [2.24, 2.45) is 0 Å². The molecule has 0 bridgehead atoms. The van der Waals surface area contributed by atoms with Gasteiger partial charge in [-0.15, -0.1) is 0 Å². The summed E-state index contributed by atoms with van der Waals surface area (Å²) in [6.07, 6.45) is 0. The molecule has 0 spiro atoms. The van der Waals surface area contributed by atoms with Crippen LogP contribution in [0.15, 0.2) is 0 Å². The molecular formula is C4H9BN+. The van der Waals surface area contributed by atoms with Crippen molar-refractivity contribution in [2.75, 3.05) is 7.05 Å². The fourth-order valence-corrected chi connectivity index (χ4v) is 0. The van der Waals surface area contributed by atoms with E-state index in [4.69, 9.17) is 7.85 Å². The predicted molar refractivity (Wildman–Crippen MR) is 28.5 cm³/mol. The van der Waals surface area contributed by atoms with Gasteiger partial charge in [0, 0.05) is 0 Å². The number of hydrogen-bond acceptors (Lipinski definition) is 0. The molecule has 0 aromatic rings. The van der Waals surface area contributed by atoms with Gasteiger partial charge in [0.1, 0.15) is 19.7 Å². The third-order valence-electron chi connectivity index (χ3n) is 0.695. The lowest BCUT2D eigenvalue weighted by molar-refractivity contribution is -0.502. The highest BCUT2D eigenvalue weighted by molar-refractivity contribution is 6.10. The van der Waals surface area contributed by atoms with Crippen LogP contribution in [0.3, 0.4) is 0 Å². The predicted octanol–water partition coefficient (Wildman–Crippen LogP) is -0.156. The summed E-state index contributed by atoms with van der Waals surface area (Å²) in [5, 5.41) is 0. The highest BCUT2D eigenvalue weighted by Crippen LogP contribution is 1.71. The van der Waals surface area contributed by atoms with E-state index in [0.717, 1.165) is 0 Å². The average molecular weight is 81.9 g/mol. The van der Waals surface area contributed by atoms with Crippen LogP contribution in [0.5, 0.6) is 0 Å². The second-order valence-corrected chi connectivity index (χ2v) is 1.50. The van der Waals surface area contributed by atoms with E-state index in [0.29, 0.717) is 0 Å². The van der Waals surface area contributed by atoms with Crippen LogP contribution in [0.1, 0.15) is 6.92 Å². The molecule has 0 aliphatic rings. The Morgan fingerprint density at radius 1 is 1.83 bits per heavy atom. The van der Waals surface area contributed by atoms with Gasteiger partial charge in [0.05, 0.1) is 0 Å². The van der Waals surface area contributed by atoms with E-state index in [9.17, 15) is 0 Å². The van der Waals surface area contributed by atoms with Gasteiger partial charge in [0.25, 0.3) is 0 Å². The first-order chi connectivity index (χ1) is 2.64. The molecule has 0 aromatic heterocycles. The molecule has 0 aliphatic carbocycles. The second kappa shape index (κ2) is 2.01. The molecule has 0 aliphatic heterocycles. The second-order valence-electron chi connectivity index (χ2n) is 1.50. The zero-order valence-electron chi connectivity index (χ0n) is 4.31. The van der Waals surface area contributed by atoms with Gasteiger partial charge < -0.3 is 0 Å². The summed E-state index contributed by atoms with van der Waals surface area (Å²) in [5.41, 5.74) is 0. The van der Waals surface area contributed by atoms with E-state index in [-0.39, 0.29) is 5.94 Å². The van der Waals surface area contributed by atoms with Crippen molar-refractivity contribution in [1.29, 1.82) is 0 Å². The van der Waals surface area contributed by atoms with Gasteiger partial charge in [0.15, 0.2) is 7.85 Å². The molecule has 2 radical (unpaired) electrons. The third kappa shape index (κ3) is 2.00. The molecule has 0 aromatic carbocycles. The van der Waals surface area contributed by atoms with Crippen LogP contribution in [-0.4, -0.2) is 32.1 Å². The van der Waals surface area contributed by atoms with Gasteiger partial charge in [-0.05, 0) is 6.92 Å². The molecule has 0 heterocycles. The molecule has 0 fully saturated rings. The minimum absolute atomic E-state index is 0.0741. The van der Waals surface area contributed by atoms with E-state index in [1.807, 2.05) is 14.0 Å².